The molecule has 1 heterocycles. The van der Waals surface area contributed by atoms with Gasteiger partial charge >= 0.3 is 0 Å². The predicted molar refractivity (Wildman–Crippen MR) is 116 cm³/mol. The summed E-state index contributed by atoms with van der Waals surface area (Å²) in [5.74, 6) is 0.576. The summed E-state index contributed by atoms with van der Waals surface area (Å²) < 4.78 is 0. The van der Waals surface area contributed by atoms with E-state index in [4.69, 9.17) is 0 Å². The molecule has 1 aromatic carbocycles. The SMILES string of the molecule is CCc1cccc(C)c1NC(=O)C(C)Sc1nc(CSC(C)C)cc(=O)[nH]1. The summed E-state index contributed by atoms with van der Waals surface area (Å²) >= 11 is 3.00. The number of para-hydroxylation sites is 1. The largest absolute Gasteiger partial charge is 0.325 e. The van der Waals surface area contributed by atoms with Crippen molar-refractivity contribution in [3.05, 3.63) is 51.4 Å². The average molecular weight is 406 g/mol. The van der Waals surface area contributed by atoms with Crippen molar-refractivity contribution in [1.29, 1.82) is 0 Å². The number of thioether (sulfide) groups is 2. The molecule has 1 unspecified atom stereocenters. The highest BCUT2D eigenvalue weighted by atomic mass is 32.2. The van der Waals surface area contributed by atoms with Crippen molar-refractivity contribution in [2.45, 2.75) is 62.4 Å². The summed E-state index contributed by atoms with van der Waals surface area (Å²) in [7, 11) is 0. The molecule has 1 atom stereocenters. The van der Waals surface area contributed by atoms with Gasteiger partial charge < -0.3 is 10.3 Å². The van der Waals surface area contributed by atoms with Gasteiger partial charge in [0.25, 0.3) is 5.56 Å². The maximum Gasteiger partial charge on any atom is 0.251 e. The topological polar surface area (TPSA) is 74.8 Å². The van der Waals surface area contributed by atoms with Crippen LogP contribution in [0.5, 0.6) is 0 Å². The summed E-state index contributed by atoms with van der Waals surface area (Å²) in [6.45, 7) is 10.1. The van der Waals surface area contributed by atoms with Gasteiger partial charge in [0.05, 0.1) is 10.9 Å². The van der Waals surface area contributed by atoms with E-state index in [2.05, 4.69) is 36.1 Å². The third-order valence-corrected chi connectivity index (χ3v) is 6.10. The summed E-state index contributed by atoms with van der Waals surface area (Å²) in [5.41, 5.74) is 3.58. The second kappa shape index (κ2) is 9.99. The fourth-order valence-corrected chi connectivity index (χ4v) is 4.00. The van der Waals surface area contributed by atoms with E-state index < -0.39 is 0 Å². The lowest BCUT2D eigenvalue weighted by atomic mass is 10.1. The Morgan fingerprint density at radius 3 is 2.70 bits per heavy atom. The molecule has 5 nitrogen and oxygen atoms in total. The van der Waals surface area contributed by atoms with Crippen LogP contribution >= 0.6 is 23.5 Å². The molecule has 2 rings (SSSR count). The van der Waals surface area contributed by atoms with Gasteiger partial charge in [-0.25, -0.2) is 4.98 Å². The molecule has 0 bridgehead atoms. The van der Waals surface area contributed by atoms with Crippen LogP contribution < -0.4 is 10.9 Å². The van der Waals surface area contributed by atoms with Gasteiger partial charge in [0, 0.05) is 17.5 Å². The molecule has 0 radical (unpaired) electrons. The standard InChI is InChI=1S/C20H27N3O2S2/c1-6-15-9-7-8-13(4)18(15)23-19(25)14(5)27-20-21-16(10-17(24)22-20)11-26-12(2)3/h7-10,12,14H,6,11H2,1-5H3,(H,23,25)(H,21,22,24). The van der Waals surface area contributed by atoms with Gasteiger partial charge in [-0.2, -0.15) is 11.8 Å². The van der Waals surface area contributed by atoms with Crippen LogP contribution in [0.4, 0.5) is 5.69 Å². The molecule has 146 valence electrons. The maximum absolute atomic E-state index is 12.7. The molecule has 2 N–H and O–H groups in total. The van der Waals surface area contributed by atoms with Gasteiger partial charge in [-0.3, -0.25) is 9.59 Å². The van der Waals surface area contributed by atoms with E-state index in [1.54, 1.807) is 11.8 Å². The van der Waals surface area contributed by atoms with E-state index in [1.807, 2.05) is 32.0 Å². The number of hydrogen-bond donors (Lipinski definition) is 2. The number of hydrogen-bond acceptors (Lipinski definition) is 5. The lowest BCUT2D eigenvalue weighted by Crippen LogP contribution is -2.24. The summed E-state index contributed by atoms with van der Waals surface area (Å²) in [6.07, 6.45) is 0.850. The minimum absolute atomic E-state index is 0.103. The summed E-state index contributed by atoms with van der Waals surface area (Å²) in [5, 5.41) is 3.59. The number of amides is 1. The minimum Gasteiger partial charge on any atom is -0.325 e. The van der Waals surface area contributed by atoms with Crippen molar-refractivity contribution >= 4 is 35.1 Å². The maximum atomic E-state index is 12.7. The number of anilines is 1. The lowest BCUT2D eigenvalue weighted by Gasteiger charge is -2.16. The van der Waals surface area contributed by atoms with Gasteiger partial charge in [-0.05, 0) is 36.6 Å². The van der Waals surface area contributed by atoms with Crippen molar-refractivity contribution < 1.29 is 4.79 Å². The van der Waals surface area contributed by atoms with Crippen LogP contribution in [0.3, 0.4) is 0 Å². The highest BCUT2D eigenvalue weighted by Crippen LogP contribution is 2.25. The van der Waals surface area contributed by atoms with Gasteiger partial charge in [0.15, 0.2) is 5.16 Å². The number of nitrogens with one attached hydrogen (secondary N) is 2. The molecule has 1 amide bonds. The second-order valence-corrected chi connectivity index (χ2v) is 9.51. The van der Waals surface area contributed by atoms with Crippen molar-refractivity contribution in [2.24, 2.45) is 0 Å². The molecule has 0 aliphatic carbocycles. The zero-order valence-electron chi connectivity index (χ0n) is 16.5. The first-order chi connectivity index (χ1) is 12.8. The van der Waals surface area contributed by atoms with E-state index in [9.17, 15) is 9.59 Å². The van der Waals surface area contributed by atoms with Gasteiger partial charge in [0.1, 0.15) is 0 Å². The quantitative estimate of drug-likeness (QED) is 0.503. The highest BCUT2D eigenvalue weighted by Gasteiger charge is 2.18. The summed E-state index contributed by atoms with van der Waals surface area (Å²) in [4.78, 5) is 31.8. The van der Waals surface area contributed by atoms with Crippen LogP contribution in [0.2, 0.25) is 0 Å². The Labute approximate surface area is 169 Å². The number of H-pyrrole nitrogens is 1. The van der Waals surface area contributed by atoms with Crippen LogP contribution in [-0.4, -0.2) is 26.4 Å². The zero-order chi connectivity index (χ0) is 20.0. The van der Waals surface area contributed by atoms with Crippen LogP contribution in [-0.2, 0) is 17.0 Å². The third-order valence-electron chi connectivity index (χ3n) is 3.98. The first-order valence-electron chi connectivity index (χ1n) is 9.08. The second-order valence-electron chi connectivity index (χ2n) is 6.61. The Morgan fingerprint density at radius 2 is 2.04 bits per heavy atom. The van der Waals surface area contributed by atoms with E-state index in [-0.39, 0.29) is 16.7 Å². The van der Waals surface area contributed by atoms with Crippen LogP contribution in [0.25, 0.3) is 0 Å². The van der Waals surface area contributed by atoms with Gasteiger partial charge in [-0.15, -0.1) is 0 Å². The van der Waals surface area contributed by atoms with E-state index in [0.29, 0.717) is 16.2 Å². The van der Waals surface area contributed by atoms with E-state index in [1.165, 1.54) is 17.8 Å². The fourth-order valence-electron chi connectivity index (χ4n) is 2.51. The molecule has 2 aromatic rings. The highest BCUT2D eigenvalue weighted by molar-refractivity contribution is 8.00. The van der Waals surface area contributed by atoms with Crippen molar-refractivity contribution in [1.82, 2.24) is 9.97 Å². The monoisotopic (exact) mass is 405 g/mol. The Bertz CT molecular complexity index is 849. The number of aromatic nitrogens is 2. The predicted octanol–water partition coefficient (Wildman–Crippen LogP) is 4.40. The van der Waals surface area contributed by atoms with Crippen LogP contribution in [0.15, 0.2) is 34.2 Å². The van der Waals surface area contributed by atoms with Crippen molar-refractivity contribution in [2.75, 3.05) is 5.32 Å². The van der Waals surface area contributed by atoms with Gasteiger partial charge in [0.2, 0.25) is 5.91 Å². The molecule has 0 aliphatic heterocycles. The lowest BCUT2D eigenvalue weighted by molar-refractivity contribution is -0.115. The number of carbonyl (C=O) groups excluding carboxylic acids is 1. The average Bonchev–Trinajstić information content (AvgIpc) is 2.61. The zero-order valence-corrected chi connectivity index (χ0v) is 18.1. The fraction of sp³-hybridized carbons (Fsp3) is 0.450. The van der Waals surface area contributed by atoms with E-state index in [0.717, 1.165) is 28.9 Å². The van der Waals surface area contributed by atoms with Crippen molar-refractivity contribution in [3.63, 3.8) is 0 Å². The van der Waals surface area contributed by atoms with Crippen molar-refractivity contribution in [3.8, 4) is 0 Å². The number of aryl methyl sites for hydroxylation is 2. The smallest absolute Gasteiger partial charge is 0.251 e. The molecule has 0 aliphatic rings. The van der Waals surface area contributed by atoms with Gasteiger partial charge in [-0.1, -0.05) is 50.7 Å². The Kier molecular flexibility index (Phi) is 7.98. The number of rotatable bonds is 8. The van der Waals surface area contributed by atoms with E-state index >= 15 is 0 Å². The van der Waals surface area contributed by atoms with Crippen LogP contribution in [0.1, 0.15) is 44.5 Å². The normalized spacial score (nSPS) is 12.2. The Balaban J connectivity index is 2.09. The molecule has 27 heavy (non-hydrogen) atoms. The molecule has 0 saturated heterocycles. The number of nitrogens with zero attached hydrogens (tertiary/aromatic N) is 1. The number of benzene rings is 1. The molecule has 0 fully saturated rings. The Morgan fingerprint density at radius 1 is 1.30 bits per heavy atom. The minimum atomic E-state index is -0.384. The molecule has 0 spiro atoms. The Hall–Kier alpha value is -1.73. The molecule has 0 saturated carbocycles. The van der Waals surface area contributed by atoms with Crippen LogP contribution in [0, 0.1) is 6.92 Å². The molecular formula is C20H27N3O2S2. The first-order valence-corrected chi connectivity index (χ1v) is 11.0. The third kappa shape index (κ3) is 6.43. The number of aromatic amines is 1. The number of carbonyl (C=O) groups is 1. The molecular weight excluding hydrogens is 378 g/mol. The molecule has 7 heteroatoms. The molecule has 1 aromatic heterocycles. The summed E-state index contributed by atoms with van der Waals surface area (Å²) in [6, 6.07) is 7.53. The first kappa shape index (κ1) is 21.6.